The number of aliphatic hydroxyl groups is 3. The molecule has 0 radical (unpaired) electrons. The van der Waals surface area contributed by atoms with E-state index in [0.717, 1.165) is 19.3 Å². The molecular formula is C22H34O6. The van der Waals surface area contributed by atoms with Crippen molar-refractivity contribution < 1.29 is 30.0 Å². The quantitative estimate of drug-likeness (QED) is 0.358. The van der Waals surface area contributed by atoms with Crippen molar-refractivity contribution in [2.75, 3.05) is 0 Å². The third-order valence-electron chi connectivity index (χ3n) is 4.47. The number of rotatable bonds is 13. The summed E-state index contributed by atoms with van der Waals surface area (Å²) >= 11 is 0. The van der Waals surface area contributed by atoms with E-state index >= 15 is 0 Å². The molecule has 6 nitrogen and oxygen atoms in total. The highest BCUT2D eigenvalue weighted by atomic mass is 16.5. The van der Waals surface area contributed by atoms with Crippen molar-refractivity contribution in [2.45, 2.75) is 82.4 Å². The van der Waals surface area contributed by atoms with Crippen LogP contribution in [0.5, 0.6) is 0 Å². The first-order valence-corrected chi connectivity index (χ1v) is 9.98. The van der Waals surface area contributed by atoms with Crippen molar-refractivity contribution in [3.05, 3.63) is 48.6 Å². The summed E-state index contributed by atoms with van der Waals surface area (Å²) < 4.78 is 5.73. The van der Waals surface area contributed by atoms with Crippen LogP contribution in [-0.4, -0.2) is 56.9 Å². The minimum atomic E-state index is -0.977. The predicted octanol–water partition coefficient (Wildman–Crippen LogP) is 2.90. The van der Waals surface area contributed by atoms with Gasteiger partial charge in [-0.05, 0) is 32.1 Å². The smallest absolute Gasteiger partial charge is 0.303 e. The predicted molar refractivity (Wildman–Crippen MR) is 109 cm³/mol. The lowest BCUT2D eigenvalue weighted by Crippen LogP contribution is -2.24. The van der Waals surface area contributed by atoms with Gasteiger partial charge in [-0.25, -0.2) is 0 Å². The maximum Gasteiger partial charge on any atom is 0.303 e. The largest absolute Gasteiger partial charge is 0.481 e. The second-order valence-corrected chi connectivity index (χ2v) is 6.92. The molecule has 4 N–H and O–H groups in total. The van der Waals surface area contributed by atoms with Crippen LogP contribution < -0.4 is 0 Å². The third kappa shape index (κ3) is 10.6. The van der Waals surface area contributed by atoms with Crippen molar-refractivity contribution in [2.24, 2.45) is 0 Å². The Labute approximate surface area is 167 Å². The molecule has 1 aliphatic rings. The molecule has 0 spiro atoms. The Bertz CT molecular complexity index is 551. The van der Waals surface area contributed by atoms with E-state index < -0.39 is 30.4 Å². The van der Waals surface area contributed by atoms with E-state index in [1.807, 2.05) is 12.2 Å². The Morgan fingerprint density at radius 3 is 2.36 bits per heavy atom. The van der Waals surface area contributed by atoms with Crippen LogP contribution in [0.1, 0.15) is 51.9 Å². The molecule has 28 heavy (non-hydrogen) atoms. The average Bonchev–Trinajstić information content (AvgIpc) is 3.03. The number of ether oxygens (including phenoxy) is 1. The molecule has 0 aromatic heterocycles. The van der Waals surface area contributed by atoms with Gasteiger partial charge in [0.25, 0.3) is 0 Å². The molecule has 1 saturated heterocycles. The van der Waals surface area contributed by atoms with Crippen LogP contribution in [0.15, 0.2) is 48.6 Å². The zero-order chi connectivity index (χ0) is 20.8. The van der Waals surface area contributed by atoms with Gasteiger partial charge in [-0.2, -0.15) is 0 Å². The summed E-state index contributed by atoms with van der Waals surface area (Å²) in [4.78, 5) is 10.5. The van der Waals surface area contributed by atoms with Gasteiger partial charge in [-0.15, -0.1) is 0 Å². The topological polar surface area (TPSA) is 107 Å². The highest BCUT2D eigenvalue weighted by Crippen LogP contribution is 2.26. The minimum absolute atomic E-state index is 0.0868. The van der Waals surface area contributed by atoms with Gasteiger partial charge in [0.1, 0.15) is 0 Å². The van der Waals surface area contributed by atoms with Crippen LogP contribution in [0.4, 0.5) is 0 Å². The Morgan fingerprint density at radius 2 is 1.71 bits per heavy atom. The molecule has 0 saturated carbocycles. The van der Waals surface area contributed by atoms with E-state index in [4.69, 9.17) is 9.84 Å². The van der Waals surface area contributed by atoms with Gasteiger partial charge in [0.05, 0.1) is 30.5 Å². The Kier molecular flexibility index (Phi) is 12.4. The van der Waals surface area contributed by atoms with E-state index in [9.17, 15) is 20.1 Å². The van der Waals surface area contributed by atoms with E-state index in [1.165, 1.54) is 12.2 Å². The van der Waals surface area contributed by atoms with Crippen LogP contribution in [0.25, 0.3) is 0 Å². The highest BCUT2D eigenvalue weighted by Gasteiger charge is 2.36. The monoisotopic (exact) mass is 394 g/mol. The molecule has 158 valence electrons. The molecule has 0 aliphatic carbocycles. The fraction of sp³-hybridized carbons (Fsp3) is 0.591. The van der Waals surface area contributed by atoms with Gasteiger partial charge >= 0.3 is 5.97 Å². The molecule has 5 atom stereocenters. The number of carboxylic acid groups (broad SMARTS) is 1. The summed E-state index contributed by atoms with van der Waals surface area (Å²) in [6.07, 6.45) is 15.5. The first kappa shape index (κ1) is 24.3. The summed E-state index contributed by atoms with van der Waals surface area (Å²) in [5.74, 6) is -0.977. The van der Waals surface area contributed by atoms with E-state index in [1.54, 1.807) is 0 Å². The number of hydrogen-bond acceptors (Lipinski definition) is 5. The lowest BCUT2D eigenvalue weighted by molar-refractivity contribution is -0.137. The van der Waals surface area contributed by atoms with Gasteiger partial charge in [0.2, 0.25) is 0 Å². The molecule has 1 rings (SSSR count). The fourth-order valence-electron chi connectivity index (χ4n) is 2.87. The van der Waals surface area contributed by atoms with Crippen LogP contribution in [-0.2, 0) is 9.53 Å². The Balaban J connectivity index is 2.32. The van der Waals surface area contributed by atoms with Crippen molar-refractivity contribution in [3.63, 3.8) is 0 Å². The maximum absolute atomic E-state index is 10.5. The Hall–Kier alpha value is -1.73. The zero-order valence-electron chi connectivity index (χ0n) is 16.6. The number of hydrogen-bond donors (Lipinski definition) is 4. The number of carboxylic acids is 1. The van der Waals surface area contributed by atoms with Crippen molar-refractivity contribution in [1.82, 2.24) is 0 Å². The van der Waals surface area contributed by atoms with Crippen LogP contribution >= 0.6 is 0 Å². The first-order valence-electron chi connectivity index (χ1n) is 9.98. The Morgan fingerprint density at radius 1 is 1.07 bits per heavy atom. The van der Waals surface area contributed by atoms with Gasteiger partial charge in [-0.1, -0.05) is 55.5 Å². The number of carbonyl (C=O) groups is 1. The fourth-order valence-corrected chi connectivity index (χ4v) is 2.87. The SMILES string of the molecule is CC/C=C\C/C=C\C/C=C\C[C@H]1O[C@@H]([C@@H](O)/C=C/[C@@H](O)CCC(=O)O)C[C@@H]1O. The van der Waals surface area contributed by atoms with Gasteiger partial charge in [-0.3, -0.25) is 4.79 Å². The van der Waals surface area contributed by atoms with E-state index in [0.29, 0.717) is 12.8 Å². The van der Waals surface area contributed by atoms with Gasteiger partial charge in [0.15, 0.2) is 0 Å². The number of aliphatic carboxylic acids is 1. The summed E-state index contributed by atoms with van der Waals surface area (Å²) in [5.41, 5.74) is 0. The minimum Gasteiger partial charge on any atom is -0.481 e. The molecule has 1 fully saturated rings. The third-order valence-corrected chi connectivity index (χ3v) is 4.47. The van der Waals surface area contributed by atoms with Crippen molar-refractivity contribution in [1.29, 1.82) is 0 Å². The van der Waals surface area contributed by atoms with Crippen molar-refractivity contribution >= 4 is 5.97 Å². The van der Waals surface area contributed by atoms with E-state index in [-0.39, 0.29) is 18.9 Å². The van der Waals surface area contributed by atoms with Gasteiger partial charge in [0, 0.05) is 12.8 Å². The molecule has 0 amide bonds. The van der Waals surface area contributed by atoms with Gasteiger partial charge < -0.3 is 25.2 Å². The van der Waals surface area contributed by atoms with Crippen molar-refractivity contribution in [3.8, 4) is 0 Å². The molecule has 1 aliphatic heterocycles. The second-order valence-electron chi connectivity index (χ2n) is 6.92. The standard InChI is InChI=1S/C22H34O6/c1-2-3-4-5-6-7-8-9-10-11-20-19(25)16-21(28-20)18(24)14-12-17(23)13-15-22(26)27/h3-4,6-7,9-10,12,14,17-21,23-25H,2,5,8,11,13,15-16H2,1H3,(H,26,27)/b4-3-,7-6-,10-9-,14-12+/t17-,18+,19+,20-,21-/m1/s1. The highest BCUT2D eigenvalue weighted by molar-refractivity contribution is 5.66. The molecule has 0 aromatic carbocycles. The molecule has 0 bridgehead atoms. The first-order chi connectivity index (χ1) is 13.4. The second kappa shape index (κ2) is 14.3. The zero-order valence-corrected chi connectivity index (χ0v) is 16.6. The lowest BCUT2D eigenvalue weighted by atomic mass is 10.0. The molecular weight excluding hydrogens is 360 g/mol. The number of aliphatic hydroxyl groups excluding tert-OH is 3. The van der Waals surface area contributed by atoms with Crippen LogP contribution in [0, 0.1) is 0 Å². The maximum atomic E-state index is 10.5. The summed E-state index contributed by atoms with van der Waals surface area (Å²) in [6, 6.07) is 0. The molecule has 6 heteroatoms. The lowest BCUT2D eigenvalue weighted by Gasteiger charge is -2.16. The summed E-state index contributed by atoms with van der Waals surface area (Å²) in [6.45, 7) is 2.11. The molecule has 0 unspecified atom stereocenters. The van der Waals surface area contributed by atoms with Crippen LogP contribution in [0.2, 0.25) is 0 Å². The van der Waals surface area contributed by atoms with E-state index in [2.05, 4.69) is 31.2 Å². The average molecular weight is 395 g/mol. The number of allylic oxidation sites excluding steroid dienone is 5. The summed E-state index contributed by atoms with van der Waals surface area (Å²) in [7, 11) is 0. The van der Waals surface area contributed by atoms with Crippen LogP contribution in [0.3, 0.4) is 0 Å². The normalized spacial score (nSPS) is 25.5. The molecule has 0 aromatic rings. The molecule has 1 heterocycles. The summed E-state index contributed by atoms with van der Waals surface area (Å²) in [5, 5.41) is 38.5.